The summed E-state index contributed by atoms with van der Waals surface area (Å²) in [6, 6.07) is 6.83. The SMILES string of the molecule is CNc1cc(F)cc2c1Cc1nc(Oc3ccc(C)nc3)nc(N3CCC(F)(CN)CC3)c1-2. The lowest BCUT2D eigenvalue weighted by molar-refractivity contribution is 0.135. The molecule has 0 atom stereocenters. The van der Waals surface area contributed by atoms with E-state index in [4.69, 9.17) is 15.5 Å². The molecule has 0 amide bonds. The van der Waals surface area contributed by atoms with Crippen molar-refractivity contribution in [3.8, 4) is 22.9 Å². The molecule has 0 spiro atoms. The van der Waals surface area contributed by atoms with Gasteiger partial charge in [-0.25, -0.2) is 8.78 Å². The number of hydrogen-bond donors (Lipinski definition) is 2. The van der Waals surface area contributed by atoms with Crippen LogP contribution in [0, 0.1) is 12.7 Å². The number of aryl methyl sites for hydroxylation is 1. The van der Waals surface area contributed by atoms with Crippen LogP contribution in [0.4, 0.5) is 20.3 Å². The maximum atomic E-state index is 14.8. The fraction of sp³-hybridized carbons (Fsp3) is 0.375. The summed E-state index contributed by atoms with van der Waals surface area (Å²) < 4.78 is 35.2. The van der Waals surface area contributed by atoms with E-state index in [1.54, 1.807) is 19.3 Å². The van der Waals surface area contributed by atoms with E-state index in [9.17, 15) is 8.78 Å². The molecule has 33 heavy (non-hydrogen) atoms. The van der Waals surface area contributed by atoms with Crippen molar-refractivity contribution >= 4 is 11.5 Å². The molecule has 0 bridgehead atoms. The number of piperidine rings is 1. The van der Waals surface area contributed by atoms with Gasteiger partial charge in [-0.2, -0.15) is 9.97 Å². The highest BCUT2D eigenvalue weighted by Crippen LogP contribution is 2.46. The normalized spacial score (nSPS) is 16.3. The molecule has 1 aliphatic heterocycles. The summed E-state index contributed by atoms with van der Waals surface area (Å²) in [5, 5.41) is 3.08. The predicted molar refractivity (Wildman–Crippen MR) is 123 cm³/mol. The lowest BCUT2D eigenvalue weighted by Gasteiger charge is -2.37. The van der Waals surface area contributed by atoms with Gasteiger partial charge in [-0.15, -0.1) is 0 Å². The molecular weight excluding hydrogens is 426 g/mol. The molecule has 3 heterocycles. The Labute approximate surface area is 191 Å². The quantitative estimate of drug-likeness (QED) is 0.473. The van der Waals surface area contributed by atoms with Crippen LogP contribution in [-0.4, -0.2) is 47.3 Å². The minimum Gasteiger partial charge on any atom is -0.423 e. The number of halogens is 2. The first-order valence-electron chi connectivity index (χ1n) is 11.0. The zero-order valence-electron chi connectivity index (χ0n) is 18.7. The molecule has 0 radical (unpaired) electrons. The number of nitrogens with two attached hydrogens (primary N) is 1. The van der Waals surface area contributed by atoms with Crippen LogP contribution in [-0.2, 0) is 6.42 Å². The van der Waals surface area contributed by atoms with E-state index in [2.05, 4.69) is 15.3 Å². The second kappa shape index (κ2) is 8.22. The van der Waals surface area contributed by atoms with Crippen molar-refractivity contribution in [2.45, 2.75) is 31.9 Å². The number of nitrogens with zero attached hydrogens (tertiary/aromatic N) is 4. The fourth-order valence-electron chi connectivity index (χ4n) is 4.53. The number of anilines is 2. The topological polar surface area (TPSA) is 89.2 Å². The van der Waals surface area contributed by atoms with Crippen molar-refractivity contribution in [3.63, 3.8) is 0 Å². The first kappa shape index (κ1) is 21.5. The Kier molecular flexibility index (Phi) is 5.36. The number of benzene rings is 1. The van der Waals surface area contributed by atoms with Gasteiger partial charge in [0, 0.05) is 62.9 Å². The van der Waals surface area contributed by atoms with Crippen molar-refractivity contribution in [1.29, 1.82) is 0 Å². The predicted octanol–water partition coefficient (Wildman–Crippen LogP) is 3.99. The van der Waals surface area contributed by atoms with E-state index in [-0.39, 0.29) is 18.4 Å². The zero-order chi connectivity index (χ0) is 23.2. The smallest absolute Gasteiger partial charge is 0.324 e. The van der Waals surface area contributed by atoms with Gasteiger partial charge in [0.05, 0.1) is 11.9 Å². The van der Waals surface area contributed by atoms with Crippen molar-refractivity contribution < 1.29 is 13.5 Å². The standard InChI is InChI=1S/C24H26F2N6O/c1-14-3-4-16(12-29-14)33-23-30-20-11-17-18(9-15(25)10-19(17)28-2)21(20)22(31-23)32-7-5-24(26,13-27)6-8-32/h3-4,9-10,12,28H,5-8,11,13,27H2,1-2H3. The maximum Gasteiger partial charge on any atom is 0.324 e. The Balaban J connectivity index is 1.59. The van der Waals surface area contributed by atoms with E-state index in [1.165, 1.54) is 12.1 Å². The van der Waals surface area contributed by atoms with Gasteiger partial charge in [-0.3, -0.25) is 4.98 Å². The van der Waals surface area contributed by atoms with Gasteiger partial charge in [0.15, 0.2) is 0 Å². The molecule has 0 unspecified atom stereocenters. The highest BCUT2D eigenvalue weighted by Gasteiger charge is 2.36. The Morgan fingerprint density at radius 1 is 1.21 bits per heavy atom. The second-order valence-electron chi connectivity index (χ2n) is 8.64. The number of alkyl halides is 1. The van der Waals surface area contributed by atoms with Crippen LogP contribution in [0.2, 0.25) is 0 Å². The number of nitrogens with one attached hydrogen (secondary N) is 1. The van der Waals surface area contributed by atoms with Crippen LogP contribution in [0.1, 0.15) is 29.8 Å². The zero-order valence-corrected chi connectivity index (χ0v) is 18.7. The van der Waals surface area contributed by atoms with E-state index in [0.29, 0.717) is 49.6 Å². The highest BCUT2D eigenvalue weighted by molar-refractivity contribution is 5.88. The average molecular weight is 453 g/mol. The van der Waals surface area contributed by atoms with E-state index in [1.807, 2.05) is 17.9 Å². The fourth-order valence-corrected chi connectivity index (χ4v) is 4.53. The third-order valence-corrected chi connectivity index (χ3v) is 6.46. The van der Waals surface area contributed by atoms with Crippen molar-refractivity contribution in [1.82, 2.24) is 15.0 Å². The monoisotopic (exact) mass is 452 g/mol. The molecule has 3 aromatic rings. The van der Waals surface area contributed by atoms with Crippen molar-refractivity contribution in [2.24, 2.45) is 5.73 Å². The summed E-state index contributed by atoms with van der Waals surface area (Å²) >= 11 is 0. The molecule has 7 nitrogen and oxygen atoms in total. The van der Waals surface area contributed by atoms with E-state index >= 15 is 0 Å². The average Bonchev–Trinajstić information content (AvgIpc) is 3.18. The molecule has 1 aliphatic carbocycles. The summed E-state index contributed by atoms with van der Waals surface area (Å²) in [4.78, 5) is 15.6. The molecule has 2 aliphatic rings. The van der Waals surface area contributed by atoms with Gasteiger partial charge in [0.25, 0.3) is 0 Å². The van der Waals surface area contributed by atoms with Crippen LogP contribution >= 0.6 is 0 Å². The molecule has 9 heteroatoms. The summed E-state index contributed by atoms with van der Waals surface area (Å²) in [7, 11) is 1.77. The van der Waals surface area contributed by atoms with Gasteiger partial charge < -0.3 is 20.7 Å². The van der Waals surface area contributed by atoms with E-state index in [0.717, 1.165) is 28.1 Å². The minimum absolute atomic E-state index is 0.00290. The molecule has 1 saturated heterocycles. The third kappa shape index (κ3) is 3.97. The van der Waals surface area contributed by atoms with Gasteiger partial charge in [-0.05, 0) is 42.3 Å². The highest BCUT2D eigenvalue weighted by atomic mass is 19.1. The van der Waals surface area contributed by atoms with E-state index < -0.39 is 5.67 Å². The number of pyridine rings is 1. The lowest BCUT2D eigenvalue weighted by Crippen LogP contribution is -2.46. The molecule has 0 saturated carbocycles. The number of ether oxygens (including phenoxy) is 1. The molecule has 1 aromatic carbocycles. The number of rotatable bonds is 5. The van der Waals surface area contributed by atoms with Crippen molar-refractivity contribution in [3.05, 3.63) is 53.2 Å². The summed E-state index contributed by atoms with van der Waals surface area (Å²) in [5.41, 5.74) is 9.10. The van der Waals surface area contributed by atoms with Crippen LogP contribution in [0.25, 0.3) is 11.1 Å². The molecule has 172 valence electrons. The summed E-state index contributed by atoms with van der Waals surface area (Å²) in [6.45, 7) is 2.79. The maximum absolute atomic E-state index is 14.8. The Hall–Kier alpha value is -3.33. The second-order valence-corrected chi connectivity index (χ2v) is 8.64. The van der Waals surface area contributed by atoms with Crippen LogP contribution in [0.15, 0.2) is 30.5 Å². The van der Waals surface area contributed by atoms with Gasteiger partial charge in [-0.1, -0.05) is 0 Å². The molecule has 2 aromatic heterocycles. The Morgan fingerprint density at radius 2 is 2.00 bits per heavy atom. The number of hydrogen-bond acceptors (Lipinski definition) is 7. The number of aromatic nitrogens is 3. The number of fused-ring (bicyclic) bond motifs is 3. The largest absolute Gasteiger partial charge is 0.423 e. The van der Waals surface area contributed by atoms with Gasteiger partial charge in [0.2, 0.25) is 0 Å². The van der Waals surface area contributed by atoms with Crippen molar-refractivity contribution in [2.75, 3.05) is 36.9 Å². The first-order valence-corrected chi connectivity index (χ1v) is 11.0. The van der Waals surface area contributed by atoms with Crippen LogP contribution in [0.5, 0.6) is 11.8 Å². The van der Waals surface area contributed by atoms with Gasteiger partial charge >= 0.3 is 6.01 Å². The first-order chi connectivity index (χ1) is 15.9. The van der Waals surface area contributed by atoms with Crippen LogP contribution < -0.4 is 20.7 Å². The molecule has 3 N–H and O–H groups in total. The molecular formula is C24H26F2N6O. The summed E-state index contributed by atoms with van der Waals surface area (Å²) in [6.07, 6.45) is 2.74. The Bertz CT molecular complexity index is 1190. The van der Waals surface area contributed by atoms with Gasteiger partial charge in [0.1, 0.15) is 23.1 Å². The van der Waals surface area contributed by atoms with Crippen LogP contribution in [0.3, 0.4) is 0 Å². The summed E-state index contributed by atoms with van der Waals surface area (Å²) in [5.74, 6) is 0.807. The molecule has 1 fully saturated rings. The molecule has 5 rings (SSSR count). The Morgan fingerprint density at radius 3 is 2.67 bits per heavy atom. The minimum atomic E-state index is -1.37. The third-order valence-electron chi connectivity index (χ3n) is 6.46. The lowest BCUT2D eigenvalue weighted by atomic mass is 9.93.